The zero-order chi connectivity index (χ0) is 17.3. The van der Waals surface area contributed by atoms with E-state index in [4.69, 9.17) is 9.47 Å². The van der Waals surface area contributed by atoms with Gasteiger partial charge in [0.1, 0.15) is 5.75 Å². The van der Waals surface area contributed by atoms with Gasteiger partial charge in [-0.25, -0.2) is 0 Å². The molecule has 24 heavy (non-hydrogen) atoms. The molecule has 0 N–H and O–H groups in total. The molecule has 4 nitrogen and oxygen atoms in total. The molecule has 4 heteroatoms. The molecule has 1 saturated heterocycles. The van der Waals surface area contributed by atoms with Crippen LogP contribution in [0.25, 0.3) is 0 Å². The molecule has 1 aromatic rings. The summed E-state index contributed by atoms with van der Waals surface area (Å²) in [5.74, 6) is 1.03. The van der Waals surface area contributed by atoms with Crippen molar-refractivity contribution in [1.29, 1.82) is 0 Å². The molecule has 2 aliphatic rings. The first-order valence-electron chi connectivity index (χ1n) is 8.92. The third kappa shape index (κ3) is 3.16. The minimum atomic E-state index is 0.200. The van der Waals surface area contributed by atoms with Gasteiger partial charge in [-0.2, -0.15) is 0 Å². The number of amides is 1. The normalized spacial score (nSPS) is 29.4. The van der Waals surface area contributed by atoms with Crippen LogP contribution in [0, 0.1) is 12.3 Å². The highest BCUT2D eigenvalue weighted by molar-refractivity contribution is 5.80. The van der Waals surface area contributed by atoms with Crippen molar-refractivity contribution in [3.8, 4) is 5.75 Å². The van der Waals surface area contributed by atoms with Crippen LogP contribution >= 0.6 is 0 Å². The summed E-state index contributed by atoms with van der Waals surface area (Å²) in [6.07, 6.45) is 5.00. The van der Waals surface area contributed by atoms with Crippen molar-refractivity contribution in [3.63, 3.8) is 0 Å². The minimum Gasteiger partial charge on any atom is -0.496 e. The molecule has 1 aromatic carbocycles. The van der Waals surface area contributed by atoms with Gasteiger partial charge >= 0.3 is 0 Å². The highest BCUT2D eigenvalue weighted by Gasteiger charge is 2.49. The number of carbonyl (C=O) groups is 1. The zero-order valence-electron chi connectivity index (χ0n) is 15.3. The van der Waals surface area contributed by atoms with Gasteiger partial charge in [0, 0.05) is 25.3 Å². The topological polar surface area (TPSA) is 38.8 Å². The first kappa shape index (κ1) is 17.3. The smallest absolute Gasteiger partial charge is 0.227 e. The van der Waals surface area contributed by atoms with E-state index in [9.17, 15) is 4.79 Å². The van der Waals surface area contributed by atoms with Crippen LogP contribution in [-0.4, -0.2) is 43.7 Å². The van der Waals surface area contributed by atoms with Crippen molar-refractivity contribution in [1.82, 2.24) is 4.90 Å². The third-order valence-corrected chi connectivity index (χ3v) is 5.99. The maximum atomic E-state index is 13.0. The van der Waals surface area contributed by atoms with Crippen LogP contribution in [-0.2, 0) is 16.0 Å². The summed E-state index contributed by atoms with van der Waals surface area (Å²) in [4.78, 5) is 15.1. The summed E-state index contributed by atoms with van der Waals surface area (Å²) >= 11 is 0. The quantitative estimate of drug-likeness (QED) is 0.849. The highest BCUT2D eigenvalue weighted by atomic mass is 16.5. The average Bonchev–Trinajstić information content (AvgIpc) is 2.91. The third-order valence-electron chi connectivity index (χ3n) is 5.99. The van der Waals surface area contributed by atoms with E-state index in [2.05, 4.69) is 17.9 Å². The predicted octanol–water partition coefficient (Wildman–Crippen LogP) is 3.35. The molecular formula is C20H29NO3. The first-order valence-corrected chi connectivity index (χ1v) is 8.92. The lowest BCUT2D eigenvalue weighted by Gasteiger charge is -2.42. The highest BCUT2D eigenvalue weighted by Crippen LogP contribution is 2.47. The van der Waals surface area contributed by atoms with E-state index in [0.717, 1.165) is 49.1 Å². The van der Waals surface area contributed by atoms with Crippen molar-refractivity contribution in [2.45, 2.75) is 58.1 Å². The van der Waals surface area contributed by atoms with Gasteiger partial charge < -0.3 is 14.4 Å². The molecule has 2 fully saturated rings. The molecule has 1 aliphatic carbocycles. The van der Waals surface area contributed by atoms with E-state index < -0.39 is 0 Å². The molecule has 0 spiro atoms. The maximum Gasteiger partial charge on any atom is 0.227 e. The van der Waals surface area contributed by atoms with Crippen molar-refractivity contribution in [2.24, 2.45) is 5.41 Å². The van der Waals surface area contributed by atoms with E-state index in [0.29, 0.717) is 18.6 Å². The van der Waals surface area contributed by atoms with Crippen LogP contribution in [0.2, 0.25) is 0 Å². The summed E-state index contributed by atoms with van der Waals surface area (Å²) in [6, 6.07) is 6.39. The molecule has 3 rings (SSSR count). The monoisotopic (exact) mass is 331 g/mol. The van der Waals surface area contributed by atoms with Gasteiger partial charge in [0.25, 0.3) is 0 Å². The van der Waals surface area contributed by atoms with Gasteiger partial charge in [-0.05, 0) is 44.1 Å². The SMILES string of the molecule is COc1ccc(C)cc1CC(=O)N1CC[C@@]2(C)C[C@H](OC)CC[C@@H]12. The molecular weight excluding hydrogens is 302 g/mol. The number of benzene rings is 1. The molecule has 0 aromatic heterocycles. The number of nitrogens with zero attached hydrogens (tertiary/aromatic N) is 1. The zero-order valence-corrected chi connectivity index (χ0v) is 15.3. The molecule has 1 saturated carbocycles. The number of hydrogen-bond acceptors (Lipinski definition) is 3. The van der Waals surface area contributed by atoms with Gasteiger partial charge in [-0.3, -0.25) is 4.79 Å². The Morgan fingerprint density at radius 1 is 1.33 bits per heavy atom. The van der Waals surface area contributed by atoms with E-state index >= 15 is 0 Å². The molecule has 3 atom stereocenters. The van der Waals surface area contributed by atoms with Crippen LogP contribution in [0.1, 0.15) is 43.7 Å². The second-order valence-corrected chi connectivity index (χ2v) is 7.64. The molecule has 1 amide bonds. The Morgan fingerprint density at radius 2 is 2.12 bits per heavy atom. The van der Waals surface area contributed by atoms with E-state index in [-0.39, 0.29) is 11.3 Å². The van der Waals surface area contributed by atoms with Gasteiger partial charge in [0.05, 0.1) is 19.6 Å². The number of ether oxygens (including phenoxy) is 2. The second-order valence-electron chi connectivity index (χ2n) is 7.64. The fraction of sp³-hybridized carbons (Fsp3) is 0.650. The Bertz CT molecular complexity index is 615. The number of carbonyl (C=O) groups excluding carboxylic acids is 1. The number of methoxy groups -OCH3 is 2. The number of fused-ring (bicyclic) bond motifs is 1. The Morgan fingerprint density at radius 3 is 2.83 bits per heavy atom. The van der Waals surface area contributed by atoms with E-state index in [1.165, 1.54) is 0 Å². The van der Waals surface area contributed by atoms with Crippen molar-refractivity contribution >= 4 is 5.91 Å². The standard InChI is InChI=1S/C20H29NO3/c1-14-5-7-17(24-4)15(11-14)12-19(22)21-10-9-20(2)13-16(23-3)6-8-18(20)21/h5,7,11,16,18H,6,8-10,12-13H2,1-4H3/t16-,18-,20+/m1/s1. The fourth-order valence-corrected chi connectivity index (χ4v) is 4.59. The summed E-state index contributed by atoms with van der Waals surface area (Å²) in [5, 5.41) is 0. The largest absolute Gasteiger partial charge is 0.496 e. The summed E-state index contributed by atoms with van der Waals surface area (Å²) in [6.45, 7) is 5.24. The van der Waals surface area contributed by atoms with Crippen LogP contribution in [0.3, 0.4) is 0 Å². The number of rotatable bonds is 4. The number of aryl methyl sites for hydroxylation is 1. The van der Waals surface area contributed by atoms with Crippen molar-refractivity contribution in [3.05, 3.63) is 29.3 Å². The fourth-order valence-electron chi connectivity index (χ4n) is 4.59. The molecule has 0 bridgehead atoms. The second kappa shape index (κ2) is 6.75. The number of hydrogen-bond donors (Lipinski definition) is 0. The van der Waals surface area contributed by atoms with Crippen LogP contribution in [0.5, 0.6) is 5.75 Å². The van der Waals surface area contributed by atoms with Gasteiger partial charge in [0.2, 0.25) is 5.91 Å². The molecule has 1 aliphatic heterocycles. The average molecular weight is 331 g/mol. The first-order chi connectivity index (χ1) is 11.5. The van der Waals surface area contributed by atoms with Crippen molar-refractivity contribution in [2.75, 3.05) is 20.8 Å². The molecule has 0 unspecified atom stereocenters. The lowest BCUT2D eigenvalue weighted by molar-refractivity contribution is -0.133. The lowest BCUT2D eigenvalue weighted by atomic mass is 9.71. The van der Waals surface area contributed by atoms with Gasteiger partial charge in [-0.1, -0.05) is 24.6 Å². The summed E-state index contributed by atoms with van der Waals surface area (Å²) in [7, 11) is 3.47. The van der Waals surface area contributed by atoms with Gasteiger partial charge in [0.15, 0.2) is 0 Å². The molecule has 1 heterocycles. The van der Waals surface area contributed by atoms with Crippen LogP contribution < -0.4 is 4.74 Å². The van der Waals surface area contributed by atoms with Gasteiger partial charge in [-0.15, -0.1) is 0 Å². The Balaban J connectivity index is 1.74. The molecule has 132 valence electrons. The lowest BCUT2D eigenvalue weighted by Crippen LogP contribution is -2.47. The Kier molecular flexibility index (Phi) is 4.86. The minimum absolute atomic E-state index is 0.200. The van der Waals surface area contributed by atoms with E-state index in [1.54, 1.807) is 14.2 Å². The van der Waals surface area contributed by atoms with Crippen LogP contribution in [0.4, 0.5) is 0 Å². The molecule has 0 radical (unpaired) electrons. The summed E-state index contributed by atoms with van der Waals surface area (Å²) in [5.41, 5.74) is 2.35. The predicted molar refractivity (Wildman–Crippen MR) is 94.3 cm³/mol. The Labute approximate surface area is 145 Å². The van der Waals surface area contributed by atoms with Crippen molar-refractivity contribution < 1.29 is 14.3 Å². The van der Waals surface area contributed by atoms with E-state index in [1.807, 2.05) is 19.1 Å². The van der Waals surface area contributed by atoms with Crippen LogP contribution in [0.15, 0.2) is 18.2 Å². The summed E-state index contributed by atoms with van der Waals surface area (Å²) < 4.78 is 11.0. The maximum absolute atomic E-state index is 13.0. The number of likely N-dealkylation sites (tertiary alicyclic amines) is 1. The Hall–Kier alpha value is -1.55.